The van der Waals surface area contributed by atoms with E-state index in [1.165, 1.54) is 5.25 Å². The van der Waals surface area contributed by atoms with Crippen LogP contribution in [-0.2, 0) is 0 Å². The number of hydrogen-bond acceptors (Lipinski definition) is 1. The third-order valence-electron chi connectivity index (χ3n) is 1.11. The fourth-order valence-electron chi connectivity index (χ4n) is 0.645. The van der Waals surface area contributed by atoms with Gasteiger partial charge in [-0.05, 0) is 12.7 Å². The van der Waals surface area contributed by atoms with Gasteiger partial charge in [-0.3, -0.25) is 0 Å². The molecule has 0 aromatic heterocycles. The van der Waals surface area contributed by atoms with E-state index in [4.69, 9.17) is 0 Å². The standard InChI is InChI=1S/C7H9S/c1-8-7-5-3-2-4-6-7/h2-5H,6H2,1H3. The molecule has 0 N–H and O–H groups in total. The molecule has 0 aromatic carbocycles. The zero-order valence-corrected chi connectivity index (χ0v) is 5.74. The van der Waals surface area contributed by atoms with E-state index in [1.807, 2.05) is 11.8 Å². The van der Waals surface area contributed by atoms with E-state index in [2.05, 4.69) is 30.6 Å². The first-order chi connectivity index (χ1) is 3.93. The van der Waals surface area contributed by atoms with Gasteiger partial charge >= 0.3 is 0 Å². The first-order valence-electron chi connectivity index (χ1n) is 2.66. The van der Waals surface area contributed by atoms with Gasteiger partial charge in [0.15, 0.2) is 0 Å². The van der Waals surface area contributed by atoms with E-state index >= 15 is 0 Å². The van der Waals surface area contributed by atoms with E-state index < -0.39 is 0 Å². The lowest BCUT2D eigenvalue weighted by molar-refractivity contribution is 1.22. The van der Waals surface area contributed by atoms with Crippen LogP contribution >= 0.6 is 11.8 Å². The van der Waals surface area contributed by atoms with E-state index in [1.54, 1.807) is 0 Å². The number of thioether (sulfide) groups is 1. The zero-order chi connectivity index (χ0) is 5.82. The molecular weight excluding hydrogens is 116 g/mol. The highest BCUT2D eigenvalue weighted by Crippen LogP contribution is 2.24. The smallest absolute Gasteiger partial charge is 0.0558 e. The quantitative estimate of drug-likeness (QED) is 0.518. The summed E-state index contributed by atoms with van der Waals surface area (Å²) in [5, 5.41) is 1.45. The summed E-state index contributed by atoms with van der Waals surface area (Å²) in [7, 11) is 0. The second kappa shape index (κ2) is 2.98. The van der Waals surface area contributed by atoms with Gasteiger partial charge in [-0.25, -0.2) is 0 Å². The van der Waals surface area contributed by atoms with Gasteiger partial charge in [0.1, 0.15) is 0 Å². The van der Waals surface area contributed by atoms with E-state index in [0.717, 1.165) is 6.42 Å². The summed E-state index contributed by atoms with van der Waals surface area (Å²) in [5.41, 5.74) is 0. The topological polar surface area (TPSA) is 0 Å². The van der Waals surface area contributed by atoms with E-state index in [0.29, 0.717) is 0 Å². The minimum atomic E-state index is 1.12. The normalized spacial score (nSPS) is 19.6. The van der Waals surface area contributed by atoms with Gasteiger partial charge in [-0.1, -0.05) is 24.3 Å². The zero-order valence-electron chi connectivity index (χ0n) is 4.92. The highest BCUT2D eigenvalue weighted by Gasteiger charge is 2.00. The second-order valence-electron chi connectivity index (χ2n) is 1.66. The summed E-state index contributed by atoms with van der Waals surface area (Å²) < 4.78 is 0. The molecule has 0 nitrogen and oxygen atoms in total. The molecular formula is C7H9S. The first-order valence-corrected chi connectivity index (χ1v) is 3.89. The summed E-state index contributed by atoms with van der Waals surface area (Å²) in [6.45, 7) is 0. The fraction of sp³-hybridized carbons (Fsp3) is 0.286. The van der Waals surface area contributed by atoms with Crippen molar-refractivity contribution in [1.82, 2.24) is 0 Å². The Morgan fingerprint density at radius 1 is 1.50 bits per heavy atom. The van der Waals surface area contributed by atoms with Gasteiger partial charge in [-0.2, -0.15) is 11.8 Å². The lowest BCUT2D eigenvalue weighted by Gasteiger charge is -2.06. The lowest BCUT2D eigenvalue weighted by Crippen LogP contribution is -1.85. The predicted octanol–water partition coefficient (Wildman–Crippen LogP) is 2.40. The monoisotopic (exact) mass is 125 g/mol. The first kappa shape index (κ1) is 5.96. The molecule has 1 aliphatic carbocycles. The molecule has 0 bridgehead atoms. The Balaban J connectivity index is 2.40. The molecule has 0 saturated carbocycles. The van der Waals surface area contributed by atoms with Crippen LogP contribution in [0.3, 0.4) is 0 Å². The van der Waals surface area contributed by atoms with E-state index in [9.17, 15) is 0 Å². The minimum absolute atomic E-state index is 1.12. The minimum Gasteiger partial charge on any atom is -0.152 e. The van der Waals surface area contributed by atoms with Crippen molar-refractivity contribution in [3.05, 3.63) is 29.6 Å². The molecule has 1 radical (unpaired) electrons. The molecule has 0 spiro atoms. The molecule has 0 saturated heterocycles. The van der Waals surface area contributed by atoms with E-state index in [-0.39, 0.29) is 0 Å². The number of hydrogen-bond donors (Lipinski definition) is 0. The van der Waals surface area contributed by atoms with Gasteiger partial charge in [0, 0.05) is 0 Å². The van der Waals surface area contributed by atoms with Crippen molar-refractivity contribution in [3.63, 3.8) is 0 Å². The Morgan fingerprint density at radius 3 is 2.75 bits per heavy atom. The maximum absolute atomic E-state index is 2.17. The van der Waals surface area contributed by atoms with Crippen LogP contribution in [0, 0.1) is 5.25 Å². The SMILES string of the molecule is CS[C]1C=CC=CC1. The van der Waals surface area contributed by atoms with Crippen molar-refractivity contribution in [3.8, 4) is 0 Å². The second-order valence-corrected chi connectivity index (χ2v) is 2.59. The third kappa shape index (κ3) is 1.41. The largest absolute Gasteiger partial charge is 0.152 e. The van der Waals surface area contributed by atoms with Crippen LogP contribution in [0.5, 0.6) is 0 Å². The van der Waals surface area contributed by atoms with Crippen LogP contribution in [0.15, 0.2) is 24.3 Å². The Hall–Kier alpha value is -0.170. The van der Waals surface area contributed by atoms with Crippen molar-refractivity contribution in [2.45, 2.75) is 6.42 Å². The van der Waals surface area contributed by atoms with Crippen LogP contribution in [-0.4, -0.2) is 6.26 Å². The van der Waals surface area contributed by atoms with Crippen molar-refractivity contribution in [2.24, 2.45) is 0 Å². The maximum atomic E-state index is 2.17. The van der Waals surface area contributed by atoms with Gasteiger partial charge in [0.05, 0.1) is 5.25 Å². The Kier molecular flexibility index (Phi) is 2.22. The molecule has 0 fully saturated rings. The molecule has 0 heterocycles. The molecule has 0 aliphatic heterocycles. The third-order valence-corrected chi connectivity index (χ3v) is 1.94. The molecule has 1 aliphatic rings. The van der Waals surface area contributed by atoms with Crippen LogP contribution < -0.4 is 0 Å². The van der Waals surface area contributed by atoms with Crippen molar-refractivity contribution >= 4 is 11.8 Å². The number of allylic oxidation sites excluding steroid dienone is 3. The van der Waals surface area contributed by atoms with Crippen LogP contribution in [0.2, 0.25) is 0 Å². The fourth-order valence-corrected chi connectivity index (χ4v) is 1.12. The average molecular weight is 125 g/mol. The average Bonchev–Trinajstić information content (AvgIpc) is 1.90. The van der Waals surface area contributed by atoms with Gasteiger partial charge in [0.25, 0.3) is 0 Å². The van der Waals surface area contributed by atoms with Crippen molar-refractivity contribution in [2.75, 3.05) is 6.26 Å². The van der Waals surface area contributed by atoms with Gasteiger partial charge in [-0.15, -0.1) is 0 Å². The summed E-state index contributed by atoms with van der Waals surface area (Å²) >= 11 is 1.82. The highest BCUT2D eigenvalue weighted by molar-refractivity contribution is 8.01. The molecule has 43 valence electrons. The lowest BCUT2D eigenvalue weighted by atomic mass is 10.2. The Labute approximate surface area is 54.7 Å². The summed E-state index contributed by atoms with van der Waals surface area (Å²) in [4.78, 5) is 0. The van der Waals surface area contributed by atoms with Crippen LogP contribution in [0.4, 0.5) is 0 Å². The molecule has 0 atom stereocenters. The van der Waals surface area contributed by atoms with Crippen molar-refractivity contribution in [1.29, 1.82) is 0 Å². The maximum Gasteiger partial charge on any atom is 0.0558 e. The van der Waals surface area contributed by atoms with Gasteiger partial charge < -0.3 is 0 Å². The molecule has 0 aromatic rings. The predicted molar refractivity (Wildman–Crippen MR) is 39.7 cm³/mol. The van der Waals surface area contributed by atoms with Crippen LogP contribution in [0.25, 0.3) is 0 Å². The molecule has 8 heavy (non-hydrogen) atoms. The summed E-state index contributed by atoms with van der Waals surface area (Å²) in [6.07, 6.45) is 11.7. The summed E-state index contributed by atoms with van der Waals surface area (Å²) in [5.74, 6) is 0. The highest BCUT2D eigenvalue weighted by atomic mass is 32.2. The molecule has 0 unspecified atom stereocenters. The van der Waals surface area contributed by atoms with Gasteiger partial charge in [0.2, 0.25) is 0 Å². The Morgan fingerprint density at radius 2 is 2.38 bits per heavy atom. The molecule has 1 heteroatoms. The molecule has 1 rings (SSSR count). The Bertz CT molecular complexity index is 114. The van der Waals surface area contributed by atoms with Crippen molar-refractivity contribution < 1.29 is 0 Å². The summed E-state index contributed by atoms with van der Waals surface area (Å²) in [6, 6.07) is 0. The number of rotatable bonds is 1. The molecule has 0 amide bonds. The van der Waals surface area contributed by atoms with Crippen LogP contribution in [0.1, 0.15) is 6.42 Å².